The van der Waals surface area contributed by atoms with E-state index in [2.05, 4.69) is 0 Å². The van der Waals surface area contributed by atoms with Crippen molar-refractivity contribution in [2.24, 2.45) is 0 Å². The summed E-state index contributed by atoms with van der Waals surface area (Å²) in [5.41, 5.74) is 2.89. The molecule has 5 heteroatoms. The molecule has 0 aromatic heterocycles. The molecular formula is C23H25NO4. The summed E-state index contributed by atoms with van der Waals surface area (Å²) in [6.07, 6.45) is 1.69. The normalized spacial score (nSPS) is 17.8. The van der Waals surface area contributed by atoms with Crippen LogP contribution in [-0.2, 0) is 0 Å². The molecule has 1 amide bonds. The summed E-state index contributed by atoms with van der Waals surface area (Å²) in [6, 6.07) is 11.2. The Morgan fingerprint density at radius 3 is 2.61 bits per heavy atom. The van der Waals surface area contributed by atoms with E-state index < -0.39 is 5.60 Å². The van der Waals surface area contributed by atoms with Crippen LogP contribution in [-0.4, -0.2) is 42.4 Å². The molecule has 1 saturated heterocycles. The van der Waals surface area contributed by atoms with Gasteiger partial charge in [-0.2, -0.15) is 0 Å². The second-order valence-electron chi connectivity index (χ2n) is 7.86. The number of carbonyl (C=O) groups excluding carboxylic acids is 2. The molecule has 0 radical (unpaired) electrons. The van der Waals surface area contributed by atoms with Gasteiger partial charge < -0.3 is 14.4 Å². The number of likely N-dealkylation sites (tertiary alicyclic amines) is 1. The van der Waals surface area contributed by atoms with Crippen molar-refractivity contribution in [2.45, 2.75) is 38.7 Å². The number of nitrogens with zero attached hydrogens (tertiary/aromatic N) is 1. The number of amides is 1. The number of hydrogen-bond donors (Lipinski definition) is 0. The molecule has 0 saturated carbocycles. The standard InChI is InChI=1S/C23H25NO4/c1-15-11-16(2)21-19(25)14-23(28-20(21)12-15)7-9-24(10-8-23)22(26)17-5-4-6-18(13-17)27-3/h4-6,11-13H,7-10,14H2,1-3H3. The highest BCUT2D eigenvalue weighted by atomic mass is 16.5. The van der Waals surface area contributed by atoms with E-state index in [0.717, 1.165) is 11.1 Å². The molecule has 2 aliphatic rings. The van der Waals surface area contributed by atoms with E-state index in [1.165, 1.54) is 0 Å². The number of fused-ring (bicyclic) bond motifs is 1. The summed E-state index contributed by atoms with van der Waals surface area (Å²) < 4.78 is 11.6. The Morgan fingerprint density at radius 2 is 1.89 bits per heavy atom. The molecule has 0 atom stereocenters. The fourth-order valence-electron chi connectivity index (χ4n) is 4.35. The van der Waals surface area contributed by atoms with Gasteiger partial charge >= 0.3 is 0 Å². The van der Waals surface area contributed by atoms with Gasteiger partial charge in [0.1, 0.15) is 17.1 Å². The first-order valence-corrected chi connectivity index (χ1v) is 9.68. The first-order valence-electron chi connectivity index (χ1n) is 9.68. The van der Waals surface area contributed by atoms with Gasteiger partial charge in [0.05, 0.1) is 19.1 Å². The number of ketones is 1. The topological polar surface area (TPSA) is 55.8 Å². The van der Waals surface area contributed by atoms with Crippen LogP contribution in [0, 0.1) is 13.8 Å². The zero-order valence-electron chi connectivity index (χ0n) is 16.6. The molecule has 2 aromatic rings. The average molecular weight is 379 g/mol. The second-order valence-corrected chi connectivity index (χ2v) is 7.86. The van der Waals surface area contributed by atoms with Gasteiger partial charge in [0.25, 0.3) is 5.91 Å². The SMILES string of the molecule is COc1cccc(C(=O)N2CCC3(CC2)CC(=O)c2c(C)cc(C)cc2O3)c1. The van der Waals surface area contributed by atoms with E-state index in [4.69, 9.17) is 9.47 Å². The van der Waals surface area contributed by atoms with E-state index in [0.29, 0.717) is 55.0 Å². The number of methoxy groups -OCH3 is 1. The van der Waals surface area contributed by atoms with Gasteiger partial charge in [-0.3, -0.25) is 9.59 Å². The van der Waals surface area contributed by atoms with E-state index >= 15 is 0 Å². The van der Waals surface area contributed by atoms with Crippen LogP contribution in [0.4, 0.5) is 0 Å². The zero-order valence-corrected chi connectivity index (χ0v) is 16.6. The van der Waals surface area contributed by atoms with Crippen LogP contribution in [0.5, 0.6) is 11.5 Å². The van der Waals surface area contributed by atoms with Crippen molar-refractivity contribution in [1.29, 1.82) is 0 Å². The molecular weight excluding hydrogens is 354 g/mol. The lowest BCUT2D eigenvalue weighted by atomic mass is 9.81. The molecule has 5 nitrogen and oxygen atoms in total. The van der Waals surface area contributed by atoms with E-state index in [1.54, 1.807) is 19.2 Å². The summed E-state index contributed by atoms with van der Waals surface area (Å²) in [6.45, 7) is 5.12. The van der Waals surface area contributed by atoms with Crippen LogP contribution in [0.3, 0.4) is 0 Å². The highest BCUT2D eigenvalue weighted by Gasteiger charge is 2.44. The number of ether oxygens (including phenoxy) is 2. The molecule has 0 N–H and O–H groups in total. The first-order chi connectivity index (χ1) is 13.4. The predicted octanol–water partition coefficient (Wildman–Crippen LogP) is 3.95. The Hall–Kier alpha value is -2.82. The molecule has 1 fully saturated rings. The minimum atomic E-state index is -0.504. The summed E-state index contributed by atoms with van der Waals surface area (Å²) in [5.74, 6) is 1.50. The maximum Gasteiger partial charge on any atom is 0.253 e. The van der Waals surface area contributed by atoms with Crippen molar-refractivity contribution in [2.75, 3.05) is 20.2 Å². The molecule has 1 spiro atoms. The summed E-state index contributed by atoms with van der Waals surface area (Å²) in [4.78, 5) is 27.5. The number of carbonyl (C=O) groups is 2. The highest BCUT2D eigenvalue weighted by Crippen LogP contribution is 2.41. The third-order valence-electron chi connectivity index (χ3n) is 5.81. The Kier molecular flexibility index (Phi) is 4.61. The maximum absolute atomic E-state index is 12.9. The van der Waals surface area contributed by atoms with Crippen LogP contribution < -0.4 is 9.47 Å². The third kappa shape index (κ3) is 3.26. The first kappa shape index (κ1) is 18.5. The van der Waals surface area contributed by atoms with Crippen LogP contribution in [0.1, 0.15) is 51.1 Å². The van der Waals surface area contributed by atoms with Crippen LogP contribution in [0.2, 0.25) is 0 Å². The fourth-order valence-corrected chi connectivity index (χ4v) is 4.35. The van der Waals surface area contributed by atoms with Gasteiger partial charge in [0, 0.05) is 31.5 Å². The third-order valence-corrected chi connectivity index (χ3v) is 5.81. The van der Waals surface area contributed by atoms with Gasteiger partial charge in [0.2, 0.25) is 0 Å². The van der Waals surface area contributed by atoms with Gasteiger partial charge in [-0.1, -0.05) is 12.1 Å². The zero-order chi connectivity index (χ0) is 19.9. The second kappa shape index (κ2) is 6.97. The maximum atomic E-state index is 12.9. The Bertz CT molecular complexity index is 942. The molecule has 0 bridgehead atoms. The predicted molar refractivity (Wildman–Crippen MR) is 106 cm³/mol. The lowest BCUT2D eigenvalue weighted by molar-refractivity contribution is -0.00581. The van der Waals surface area contributed by atoms with Crippen LogP contribution >= 0.6 is 0 Å². The minimum Gasteiger partial charge on any atom is -0.497 e. The summed E-state index contributed by atoms with van der Waals surface area (Å²) in [5, 5.41) is 0. The van der Waals surface area contributed by atoms with Crippen molar-refractivity contribution in [3.8, 4) is 11.5 Å². The van der Waals surface area contributed by atoms with Gasteiger partial charge in [0.15, 0.2) is 5.78 Å². The van der Waals surface area contributed by atoms with Crippen molar-refractivity contribution in [3.63, 3.8) is 0 Å². The van der Waals surface area contributed by atoms with E-state index in [-0.39, 0.29) is 11.7 Å². The Labute approximate surface area is 165 Å². The van der Waals surface area contributed by atoms with Crippen LogP contribution in [0.25, 0.3) is 0 Å². The lowest BCUT2D eigenvalue weighted by Gasteiger charge is -2.44. The molecule has 2 aromatic carbocycles. The van der Waals surface area contributed by atoms with Crippen LogP contribution in [0.15, 0.2) is 36.4 Å². The van der Waals surface area contributed by atoms with Crippen molar-refractivity contribution < 1.29 is 19.1 Å². The number of piperidine rings is 1. The number of aryl methyl sites for hydroxylation is 2. The molecule has 146 valence electrons. The Morgan fingerprint density at radius 1 is 1.14 bits per heavy atom. The number of benzene rings is 2. The molecule has 2 aliphatic heterocycles. The monoisotopic (exact) mass is 379 g/mol. The van der Waals surface area contributed by atoms with Gasteiger partial charge in [-0.05, 0) is 49.2 Å². The Balaban J connectivity index is 1.50. The number of hydrogen-bond acceptors (Lipinski definition) is 4. The van der Waals surface area contributed by atoms with Gasteiger partial charge in [-0.15, -0.1) is 0 Å². The van der Waals surface area contributed by atoms with Crippen molar-refractivity contribution in [1.82, 2.24) is 4.90 Å². The summed E-state index contributed by atoms with van der Waals surface area (Å²) >= 11 is 0. The number of rotatable bonds is 2. The van der Waals surface area contributed by atoms with Crippen molar-refractivity contribution in [3.05, 3.63) is 58.7 Å². The number of Topliss-reactive ketones (excluding diaryl/α,β-unsaturated/α-hetero) is 1. The average Bonchev–Trinajstić information content (AvgIpc) is 2.67. The molecule has 0 aliphatic carbocycles. The van der Waals surface area contributed by atoms with Gasteiger partial charge in [-0.25, -0.2) is 0 Å². The quantitative estimate of drug-likeness (QED) is 0.793. The lowest BCUT2D eigenvalue weighted by Crippen LogP contribution is -2.52. The smallest absolute Gasteiger partial charge is 0.253 e. The largest absolute Gasteiger partial charge is 0.497 e. The van der Waals surface area contributed by atoms with E-state index in [1.807, 2.05) is 43.0 Å². The molecule has 28 heavy (non-hydrogen) atoms. The van der Waals surface area contributed by atoms with E-state index in [9.17, 15) is 9.59 Å². The van der Waals surface area contributed by atoms with Crippen molar-refractivity contribution >= 4 is 11.7 Å². The summed E-state index contributed by atoms with van der Waals surface area (Å²) in [7, 11) is 1.59. The molecule has 2 heterocycles. The molecule has 0 unspecified atom stereocenters. The molecule has 4 rings (SSSR count). The highest BCUT2D eigenvalue weighted by molar-refractivity contribution is 6.02. The minimum absolute atomic E-state index is 0.0111. The fraction of sp³-hybridized carbons (Fsp3) is 0.391.